The van der Waals surface area contributed by atoms with Crippen LogP contribution in [0.15, 0.2) is 0 Å². The molecule has 0 bridgehead atoms. The van der Waals surface area contributed by atoms with Crippen molar-refractivity contribution in [3.8, 4) is 0 Å². The first-order valence-corrected chi connectivity index (χ1v) is 9.36. The predicted octanol–water partition coefficient (Wildman–Crippen LogP) is 1.37. The Morgan fingerprint density at radius 1 is 0.704 bits per heavy atom. The molecule has 0 radical (unpaired) electrons. The van der Waals surface area contributed by atoms with Crippen LogP contribution >= 0.6 is 37.9 Å². The van der Waals surface area contributed by atoms with Crippen molar-refractivity contribution < 1.29 is 45.0 Å². The normalized spacial score (nSPS) is 13.1. The molecule has 0 amide bonds. The van der Waals surface area contributed by atoms with Crippen molar-refractivity contribution in [2.75, 3.05) is 0 Å². The molecule has 9 nitrogen and oxygen atoms in total. The van der Waals surface area contributed by atoms with E-state index in [2.05, 4.69) is 37.9 Å². The molecule has 0 aromatic carbocycles. The van der Waals surface area contributed by atoms with Crippen LogP contribution in [0, 0.1) is 0 Å². The first kappa shape index (κ1) is 33.9. The topological polar surface area (TPSA) is 173 Å². The highest BCUT2D eigenvalue weighted by Gasteiger charge is 2.11. The lowest BCUT2D eigenvalue weighted by Crippen LogP contribution is -2.24. The number of rotatable bonds is 7. The number of thiol groups is 3. The monoisotopic (exact) mass is 452 g/mol. The summed E-state index contributed by atoms with van der Waals surface area (Å²) >= 11 is 11.6. The Hall–Kier alpha value is -0.660. The molecule has 0 aliphatic carbocycles. The molecule has 0 heterocycles. The van der Waals surface area contributed by atoms with Gasteiger partial charge in [-0.3, -0.25) is 14.4 Å². The van der Waals surface area contributed by atoms with Crippen molar-refractivity contribution in [1.82, 2.24) is 0 Å². The Bertz CT molecular complexity index is 347. The highest BCUT2D eigenvalue weighted by Crippen LogP contribution is 1.98. The second-order valence-electron chi connectivity index (χ2n) is 5.47. The van der Waals surface area contributed by atoms with Gasteiger partial charge in [0.1, 0.15) is 0 Å². The molecule has 0 spiro atoms. The number of hydrogen-bond donors (Lipinski definition) is 9. The fourth-order valence-electron chi connectivity index (χ4n) is 0.758. The molecule has 27 heavy (non-hydrogen) atoms. The predicted molar refractivity (Wildman–Crippen MR) is 112 cm³/mol. The Morgan fingerprint density at radius 3 is 0.852 bits per heavy atom. The van der Waals surface area contributed by atoms with Crippen molar-refractivity contribution in [3.05, 3.63) is 0 Å². The average Bonchev–Trinajstić information content (AvgIpc) is 2.34. The maximum atomic E-state index is 9.76. The lowest BCUT2D eigenvalue weighted by Gasteiger charge is -2.08. The molecule has 0 rings (SSSR count). The molecule has 0 aliphatic rings. The van der Waals surface area contributed by atoms with Gasteiger partial charge in [0.05, 0.1) is 19.3 Å². The van der Waals surface area contributed by atoms with Gasteiger partial charge in [0.25, 0.3) is 5.97 Å². The zero-order chi connectivity index (χ0) is 22.8. The Kier molecular flexibility index (Phi) is 25.2. The van der Waals surface area contributed by atoms with Gasteiger partial charge >= 0.3 is 17.9 Å². The van der Waals surface area contributed by atoms with E-state index in [4.69, 9.17) is 30.6 Å². The molecule has 0 aromatic heterocycles. The van der Waals surface area contributed by atoms with Crippen LogP contribution < -0.4 is 0 Å². The minimum Gasteiger partial charge on any atom is -0.481 e. The van der Waals surface area contributed by atoms with Gasteiger partial charge in [-0.15, -0.1) is 0 Å². The maximum Gasteiger partial charge on any atom is 0.304 e. The molecule has 3 atom stereocenters. The van der Waals surface area contributed by atoms with Gasteiger partial charge in [0.15, 0.2) is 0 Å². The number of hydrogen-bond acceptors (Lipinski definition) is 9. The summed E-state index contributed by atoms with van der Waals surface area (Å²) in [5.74, 6) is -4.83. The van der Waals surface area contributed by atoms with Crippen molar-refractivity contribution in [3.63, 3.8) is 0 Å². The minimum atomic E-state index is -2.46. The summed E-state index contributed by atoms with van der Waals surface area (Å²) in [5, 5.41) is 47.8. The highest BCUT2D eigenvalue weighted by molar-refractivity contribution is 7.81. The van der Waals surface area contributed by atoms with E-state index in [1.54, 1.807) is 20.8 Å². The number of carboxylic acids is 3. The van der Waals surface area contributed by atoms with Crippen LogP contribution in [-0.4, -0.2) is 70.3 Å². The van der Waals surface area contributed by atoms with Crippen LogP contribution in [0.3, 0.4) is 0 Å². The number of carboxylic acid groups (broad SMARTS) is 3. The lowest BCUT2D eigenvalue weighted by atomic mass is 10.3. The molecule has 164 valence electrons. The van der Waals surface area contributed by atoms with Gasteiger partial charge in [0, 0.05) is 22.2 Å². The smallest absolute Gasteiger partial charge is 0.304 e. The summed E-state index contributed by atoms with van der Waals surface area (Å²) in [7, 11) is 0. The van der Waals surface area contributed by atoms with Crippen LogP contribution in [0.25, 0.3) is 0 Å². The van der Waals surface area contributed by atoms with E-state index in [0.29, 0.717) is 0 Å². The van der Waals surface area contributed by atoms with E-state index in [1.165, 1.54) is 6.92 Å². The Labute approximate surface area is 176 Å². The summed E-state index contributed by atoms with van der Waals surface area (Å²) in [6.07, 6.45) is 0.363. The van der Waals surface area contributed by atoms with Crippen LogP contribution in [0.2, 0.25) is 0 Å². The van der Waals surface area contributed by atoms with E-state index in [-0.39, 0.29) is 41.4 Å². The number of aliphatic hydroxyl groups is 3. The Morgan fingerprint density at radius 2 is 0.852 bits per heavy atom. The summed E-state index contributed by atoms with van der Waals surface area (Å²) in [4.78, 5) is 29.3. The van der Waals surface area contributed by atoms with Gasteiger partial charge in [-0.05, 0) is 0 Å². The number of carbonyl (C=O) groups is 3. The van der Waals surface area contributed by atoms with Crippen molar-refractivity contribution in [2.45, 2.75) is 75.1 Å². The second kappa shape index (κ2) is 20.1. The van der Waals surface area contributed by atoms with Gasteiger partial charge in [-0.1, -0.05) is 27.7 Å². The third kappa shape index (κ3) is 67.1. The molecule has 12 heteroatoms. The minimum absolute atomic E-state index is 0.0301. The molecule has 3 unspecified atom stereocenters. The zero-order valence-corrected chi connectivity index (χ0v) is 18.5. The van der Waals surface area contributed by atoms with E-state index in [0.717, 1.165) is 0 Å². The summed E-state index contributed by atoms with van der Waals surface area (Å²) in [6, 6.07) is 0. The number of aliphatic carboxylic acids is 3. The van der Waals surface area contributed by atoms with E-state index >= 15 is 0 Å². The maximum absolute atomic E-state index is 9.76. The summed E-state index contributed by atoms with van der Waals surface area (Å²) < 4.78 is 0. The zero-order valence-electron chi connectivity index (χ0n) is 15.8. The van der Waals surface area contributed by atoms with Gasteiger partial charge < -0.3 is 30.6 Å². The van der Waals surface area contributed by atoms with Gasteiger partial charge in [-0.25, -0.2) is 0 Å². The van der Waals surface area contributed by atoms with E-state index in [9.17, 15) is 14.4 Å². The fraction of sp³-hybridized carbons (Fsp3) is 0.800. The van der Waals surface area contributed by atoms with Gasteiger partial charge in [-0.2, -0.15) is 37.9 Å². The molecule has 0 saturated heterocycles. The lowest BCUT2D eigenvalue weighted by molar-refractivity contribution is -0.312. The van der Waals surface area contributed by atoms with Crippen molar-refractivity contribution in [1.29, 1.82) is 0 Å². The largest absolute Gasteiger partial charge is 0.481 e. The first-order valence-electron chi connectivity index (χ1n) is 7.81. The molecule has 0 aromatic rings. The Balaban J connectivity index is -0.000000131. The summed E-state index contributed by atoms with van der Waals surface area (Å²) in [6.45, 7) is 6.70. The van der Waals surface area contributed by atoms with Crippen molar-refractivity contribution in [2.24, 2.45) is 0 Å². The quantitative estimate of drug-likeness (QED) is 0.204. The third-order valence-electron chi connectivity index (χ3n) is 1.88. The van der Waals surface area contributed by atoms with Gasteiger partial charge in [0.2, 0.25) is 0 Å². The molecule has 6 N–H and O–H groups in total. The molecule has 0 fully saturated rings. The van der Waals surface area contributed by atoms with Crippen LogP contribution in [0.4, 0.5) is 0 Å². The van der Waals surface area contributed by atoms with E-state index in [1.807, 2.05) is 0 Å². The standard InChI is InChI=1S/3C4H8O2S.C3H8O3/c3*1-3(7)2-4(5)6;1-2-3(4,5)6/h3*3,7H,2H2,1H3,(H,5,6);4-6H,2H2,1H3. The molecular weight excluding hydrogens is 420 g/mol. The molecular formula is C15H32O9S3. The first-order chi connectivity index (χ1) is 11.9. The van der Waals surface area contributed by atoms with Crippen LogP contribution in [0.1, 0.15) is 53.4 Å². The van der Waals surface area contributed by atoms with E-state index < -0.39 is 23.9 Å². The molecule has 0 aliphatic heterocycles. The average molecular weight is 453 g/mol. The van der Waals surface area contributed by atoms with Crippen LogP contribution in [-0.2, 0) is 14.4 Å². The molecule has 0 saturated carbocycles. The highest BCUT2D eigenvalue weighted by atomic mass is 32.1. The SMILES string of the molecule is CC(S)CC(=O)O.CC(S)CC(=O)O.CC(S)CC(=O)O.CCC(O)(O)O. The fourth-order valence-corrected chi connectivity index (χ4v) is 1.23. The summed E-state index contributed by atoms with van der Waals surface area (Å²) in [5.41, 5.74) is 0. The van der Waals surface area contributed by atoms with Crippen molar-refractivity contribution >= 4 is 55.8 Å². The second-order valence-corrected chi connectivity index (χ2v) is 8.11. The van der Waals surface area contributed by atoms with Crippen LogP contribution in [0.5, 0.6) is 0 Å². The third-order valence-corrected chi connectivity index (χ3v) is 2.43.